The lowest BCUT2D eigenvalue weighted by molar-refractivity contribution is 0.374. The number of nitrogens with one attached hydrogen (secondary N) is 2. The smallest absolute Gasteiger partial charge is 0.230 e. The monoisotopic (exact) mass is 359 g/mol. The van der Waals surface area contributed by atoms with E-state index < -0.39 is 10.3 Å². The Balaban J connectivity index is 0.000000269. The summed E-state index contributed by atoms with van der Waals surface area (Å²) in [5.74, 6) is 1.49. The van der Waals surface area contributed by atoms with Crippen molar-refractivity contribution in [3.63, 3.8) is 0 Å². The highest BCUT2D eigenvalue weighted by Crippen LogP contribution is 2.16. The molecule has 1 aliphatic rings. The molecule has 0 aliphatic carbocycles. The van der Waals surface area contributed by atoms with Gasteiger partial charge in [0.2, 0.25) is 10.3 Å². The van der Waals surface area contributed by atoms with E-state index in [0.29, 0.717) is 18.0 Å². The Morgan fingerprint density at radius 1 is 1.20 bits per heavy atom. The Kier molecular flexibility index (Phi) is 7.52. The van der Waals surface area contributed by atoms with Crippen molar-refractivity contribution in [2.45, 2.75) is 6.92 Å². The molecule has 3 rings (SSSR count). The summed E-state index contributed by atoms with van der Waals surface area (Å²) in [6.45, 7) is 4.11. The molecule has 2 aromatic rings. The summed E-state index contributed by atoms with van der Waals surface area (Å²) in [4.78, 5) is 4.21. The molecule has 0 amide bonds. The normalized spacial score (nSPS) is 12.1. The van der Waals surface area contributed by atoms with Crippen molar-refractivity contribution in [2.75, 3.05) is 25.0 Å². The average molecular weight is 359 g/mol. The summed E-state index contributed by atoms with van der Waals surface area (Å²) in [5.41, 5.74) is 2.95. The molecule has 0 aromatic heterocycles. The molecule has 25 heavy (non-hydrogen) atoms. The number of aryl methyl sites for hydroxylation is 1. The largest absolute Gasteiger partial charge is 0.486 e. The van der Waals surface area contributed by atoms with Crippen LogP contribution in [0.4, 0.5) is 5.69 Å². The Bertz CT molecular complexity index is 826. The molecule has 0 radical (unpaired) electrons. The van der Waals surface area contributed by atoms with Crippen LogP contribution in [0, 0.1) is 6.92 Å². The Labute approximate surface area is 149 Å². The topological polar surface area (TPSA) is 79.8 Å². The van der Waals surface area contributed by atoms with Crippen LogP contribution in [0.2, 0.25) is 0 Å². The van der Waals surface area contributed by atoms with Crippen molar-refractivity contribution >= 4 is 27.3 Å². The fraction of sp³-hybridized carbons (Fsp3) is 0.222. The fourth-order valence-corrected chi connectivity index (χ4v) is 2.25. The van der Waals surface area contributed by atoms with E-state index in [0.717, 1.165) is 24.4 Å². The van der Waals surface area contributed by atoms with Gasteiger partial charge in [0.1, 0.15) is 23.7 Å². The molecule has 132 valence electrons. The van der Waals surface area contributed by atoms with Gasteiger partial charge in [0.05, 0.1) is 6.54 Å². The molecular formula is C18H21N3O3S. The fourth-order valence-electron chi connectivity index (χ4n) is 2.02. The predicted molar refractivity (Wildman–Crippen MR) is 102 cm³/mol. The molecule has 7 heteroatoms. The molecule has 0 bridgehead atoms. The summed E-state index contributed by atoms with van der Waals surface area (Å²) in [6, 6.07) is 17.3. The van der Waals surface area contributed by atoms with Crippen LogP contribution in [0.3, 0.4) is 0 Å². The second kappa shape index (κ2) is 10.1. The third kappa shape index (κ3) is 7.54. The van der Waals surface area contributed by atoms with Crippen molar-refractivity contribution < 1.29 is 13.2 Å². The van der Waals surface area contributed by atoms with Gasteiger partial charge in [-0.2, -0.15) is 8.42 Å². The van der Waals surface area contributed by atoms with Crippen LogP contribution in [0.25, 0.3) is 0 Å². The molecular weight excluding hydrogens is 338 g/mol. The van der Waals surface area contributed by atoms with E-state index in [2.05, 4.69) is 34.7 Å². The van der Waals surface area contributed by atoms with Gasteiger partial charge in [-0.25, -0.2) is 0 Å². The lowest BCUT2D eigenvalue weighted by atomic mass is 10.2. The Hall–Kier alpha value is -2.80. The zero-order valence-electron chi connectivity index (χ0n) is 14.0. The van der Waals surface area contributed by atoms with E-state index in [1.165, 1.54) is 5.56 Å². The SMILES string of the molecule is Cc1ccccc1.O=S(=O)=CNc1cccc(OCC2=NCCN2)c1. The van der Waals surface area contributed by atoms with Gasteiger partial charge < -0.3 is 15.4 Å². The molecule has 0 fully saturated rings. The van der Waals surface area contributed by atoms with Gasteiger partial charge in [0.15, 0.2) is 0 Å². The standard InChI is InChI=1S/C11H13N3O3S.C7H8/c15-18(16)8-14-9-2-1-3-10(6-9)17-7-11-12-4-5-13-11;1-7-5-3-2-4-6-7/h1-3,6,8,14H,4-5,7H2,(H,12,13);2-6H,1H3. The lowest BCUT2D eigenvalue weighted by Gasteiger charge is -2.07. The van der Waals surface area contributed by atoms with Gasteiger partial charge in [0.25, 0.3) is 0 Å². The lowest BCUT2D eigenvalue weighted by Crippen LogP contribution is -2.24. The molecule has 1 heterocycles. The number of amidine groups is 1. The molecule has 6 nitrogen and oxygen atoms in total. The van der Waals surface area contributed by atoms with Gasteiger partial charge in [0, 0.05) is 18.3 Å². The van der Waals surface area contributed by atoms with E-state index >= 15 is 0 Å². The number of ether oxygens (including phenoxy) is 1. The maximum absolute atomic E-state index is 10.4. The van der Waals surface area contributed by atoms with E-state index in [1.807, 2.05) is 18.2 Å². The second-order valence-electron chi connectivity index (χ2n) is 5.25. The molecule has 0 unspecified atom stereocenters. The maximum atomic E-state index is 10.4. The van der Waals surface area contributed by atoms with Gasteiger partial charge in [-0.15, -0.1) is 0 Å². The molecule has 0 atom stereocenters. The van der Waals surface area contributed by atoms with Gasteiger partial charge in [-0.3, -0.25) is 4.99 Å². The van der Waals surface area contributed by atoms with Crippen molar-refractivity contribution in [1.29, 1.82) is 0 Å². The highest BCUT2D eigenvalue weighted by atomic mass is 32.2. The number of nitrogens with zero attached hydrogens (tertiary/aromatic N) is 1. The first-order valence-electron chi connectivity index (χ1n) is 7.83. The summed E-state index contributed by atoms with van der Waals surface area (Å²) in [5, 5.41) is 5.75. The van der Waals surface area contributed by atoms with Crippen molar-refractivity contribution in [1.82, 2.24) is 5.32 Å². The number of hydrogen-bond acceptors (Lipinski definition) is 5. The first-order chi connectivity index (χ1) is 12.1. The molecule has 2 N–H and O–H groups in total. The molecule has 2 aromatic carbocycles. The number of rotatable bonds is 5. The first kappa shape index (κ1) is 18.5. The van der Waals surface area contributed by atoms with Crippen molar-refractivity contribution in [3.8, 4) is 5.75 Å². The number of anilines is 1. The third-order valence-corrected chi connectivity index (χ3v) is 3.53. The Morgan fingerprint density at radius 2 is 2.00 bits per heavy atom. The summed E-state index contributed by atoms with van der Waals surface area (Å²) >= 11 is 0. The highest BCUT2D eigenvalue weighted by molar-refractivity contribution is 7.71. The van der Waals surface area contributed by atoms with E-state index in [-0.39, 0.29) is 0 Å². The molecule has 0 saturated heterocycles. The maximum Gasteiger partial charge on any atom is 0.230 e. The van der Waals surface area contributed by atoms with Crippen LogP contribution >= 0.6 is 0 Å². The summed E-state index contributed by atoms with van der Waals surface area (Å²) < 4.78 is 26.3. The van der Waals surface area contributed by atoms with Crippen LogP contribution < -0.4 is 15.4 Å². The summed E-state index contributed by atoms with van der Waals surface area (Å²) in [6.07, 6.45) is 0. The van der Waals surface area contributed by atoms with Crippen LogP contribution in [0.5, 0.6) is 5.75 Å². The van der Waals surface area contributed by atoms with Gasteiger partial charge in [-0.05, 0) is 19.1 Å². The van der Waals surface area contributed by atoms with Gasteiger partial charge in [-0.1, -0.05) is 42.0 Å². The van der Waals surface area contributed by atoms with Crippen LogP contribution in [0.15, 0.2) is 59.6 Å². The number of hydrogen-bond donors (Lipinski definition) is 2. The van der Waals surface area contributed by atoms with E-state index in [9.17, 15) is 8.42 Å². The van der Waals surface area contributed by atoms with E-state index in [1.54, 1.807) is 24.3 Å². The quantitative estimate of drug-likeness (QED) is 0.800. The minimum Gasteiger partial charge on any atom is -0.486 e. The average Bonchev–Trinajstić information content (AvgIpc) is 3.13. The van der Waals surface area contributed by atoms with Crippen molar-refractivity contribution in [3.05, 3.63) is 60.2 Å². The highest BCUT2D eigenvalue weighted by Gasteiger charge is 2.05. The minimum absolute atomic E-state index is 0.390. The molecule has 0 spiro atoms. The number of aliphatic imine (C=N–C) groups is 1. The van der Waals surface area contributed by atoms with Crippen LogP contribution in [-0.2, 0) is 10.3 Å². The van der Waals surface area contributed by atoms with Gasteiger partial charge >= 0.3 is 0 Å². The zero-order valence-corrected chi connectivity index (χ0v) is 14.8. The minimum atomic E-state index is -2.23. The Morgan fingerprint density at radius 3 is 2.60 bits per heavy atom. The first-order valence-corrected chi connectivity index (χ1v) is 8.97. The third-order valence-electron chi connectivity index (χ3n) is 3.22. The number of benzene rings is 2. The van der Waals surface area contributed by atoms with Crippen LogP contribution in [-0.4, -0.2) is 39.4 Å². The molecule has 1 aliphatic heterocycles. The summed E-state index contributed by atoms with van der Waals surface area (Å²) in [7, 11) is -2.23. The molecule has 0 saturated carbocycles. The van der Waals surface area contributed by atoms with E-state index in [4.69, 9.17) is 4.74 Å². The van der Waals surface area contributed by atoms with Crippen LogP contribution in [0.1, 0.15) is 5.56 Å². The second-order valence-corrected chi connectivity index (χ2v) is 6.01. The zero-order chi connectivity index (χ0) is 17.9. The van der Waals surface area contributed by atoms with Crippen molar-refractivity contribution in [2.24, 2.45) is 4.99 Å². The predicted octanol–water partition coefficient (Wildman–Crippen LogP) is 2.11.